The molecule has 1 amide bonds. The Balaban J connectivity index is 1.83. The molecule has 29 heavy (non-hydrogen) atoms. The van der Waals surface area contributed by atoms with Gasteiger partial charge in [-0.25, -0.2) is 13.4 Å². The molecule has 1 aromatic heterocycles. The third-order valence-corrected chi connectivity index (χ3v) is 6.70. The fourth-order valence-corrected chi connectivity index (χ4v) is 5.41. The summed E-state index contributed by atoms with van der Waals surface area (Å²) in [6.45, 7) is 7.36. The molecule has 156 valence electrons. The van der Waals surface area contributed by atoms with Crippen LogP contribution in [-0.2, 0) is 10.0 Å². The summed E-state index contributed by atoms with van der Waals surface area (Å²) in [6.07, 6.45) is 2.59. The van der Waals surface area contributed by atoms with E-state index in [1.165, 1.54) is 16.4 Å². The minimum Gasteiger partial charge on any atom is -0.476 e. The van der Waals surface area contributed by atoms with Crippen molar-refractivity contribution in [1.29, 1.82) is 0 Å². The third kappa shape index (κ3) is 4.94. The second-order valence-corrected chi connectivity index (χ2v) is 9.48. The molecule has 3 rings (SSSR count). The van der Waals surface area contributed by atoms with Crippen LogP contribution in [0.3, 0.4) is 0 Å². The molecule has 0 spiro atoms. The Morgan fingerprint density at radius 2 is 1.93 bits per heavy atom. The number of pyridine rings is 1. The number of piperidine rings is 1. The number of benzene rings is 1. The minimum absolute atomic E-state index is 0.127. The number of aromatic nitrogens is 1. The Bertz CT molecular complexity index is 967. The lowest BCUT2D eigenvalue weighted by Crippen LogP contribution is -2.42. The lowest BCUT2D eigenvalue weighted by atomic mass is 9.94. The molecule has 1 saturated heterocycles. The SMILES string of the molecule is CCOc1ncccc1NC(=O)c1cccc(S(=O)(=O)N2CC(C)CC(C)C2)c1. The van der Waals surface area contributed by atoms with E-state index < -0.39 is 15.9 Å². The van der Waals surface area contributed by atoms with Crippen LogP contribution in [0.5, 0.6) is 5.88 Å². The summed E-state index contributed by atoms with van der Waals surface area (Å²) in [5.41, 5.74) is 0.696. The Morgan fingerprint density at radius 1 is 1.21 bits per heavy atom. The monoisotopic (exact) mass is 417 g/mol. The van der Waals surface area contributed by atoms with Gasteiger partial charge < -0.3 is 10.1 Å². The average molecular weight is 418 g/mol. The Labute approximate surface area is 172 Å². The number of ether oxygens (including phenoxy) is 1. The molecule has 1 N–H and O–H groups in total. The zero-order valence-electron chi connectivity index (χ0n) is 17.0. The maximum atomic E-state index is 13.1. The van der Waals surface area contributed by atoms with Crippen molar-refractivity contribution in [2.24, 2.45) is 11.8 Å². The molecule has 7 nitrogen and oxygen atoms in total. The van der Waals surface area contributed by atoms with Crippen molar-refractivity contribution in [2.45, 2.75) is 32.1 Å². The van der Waals surface area contributed by atoms with E-state index in [9.17, 15) is 13.2 Å². The summed E-state index contributed by atoms with van der Waals surface area (Å²) in [5.74, 6) is 0.518. The number of sulfonamides is 1. The maximum absolute atomic E-state index is 13.1. The van der Waals surface area contributed by atoms with Gasteiger partial charge in [-0.1, -0.05) is 19.9 Å². The van der Waals surface area contributed by atoms with E-state index in [2.05, 4.69) is 24.1 Å². The molecular weight excluding hydrogens is 390 g/mol. The number of nitrogens with one attached hydrogen (secondary N) is 1. The topological polar surface area (TPSA) is 88.6 Å². The molecule has 1 aliphatic rings. The molecule has 2 heterocycles. The van der Waals surface area contributed by atoms with Gasteiger partial charge in [0.05, 0.1) is 11.5 Å². The van der Waals surface area contributed by atoms with Gasteiger partial charge in [0.1, 0.15) is 5.69 Å². The van der Waals surface area contributed by atoms with E-state index in [0.717, 1.165) is 6.42 Å². The van der Waals surface area contributed by atoms with E-state index in [-0.39, 0.29) is 10.5 Å². The van der Waals surface area contributed by atoms with Crippen LogP contribution in [0, 0.1) is 11.8 Å². The number of amides is 1. The molecule has 2 aromatic rings. The van der Waals surface area contributed by atoms with Crippen LogP contribution in [0.25, 0.3) is 0 Å². The summed E-state index contributed by atoms with van der Waals surface area (Å²) in [4.78, 5) is 17.0. The van der Waals surface area contributed by atoms with Gasteiger partial charge in [0.25, 0.3) is 5.91 Å². The predicted octanol–water partition coefficient (Wildman–Crippen LogP) is 3.40. The second kappa shape index (κ2) is 8.92. The van der Waals surface area contributed by atoms with Gasteiger partial charge in [0.2, 0.25) is 15.9 Å². The van der Waals surface area contributed by atoms with Crippen LogP contribution in [-0.4, -0.2) is 43.3 Å². The molecule has 1 fully saturated rings. The number of hydrogen-bond donors (Lipinski definition) is 1. The van der Waals surface area contributed by atoms with Crippen molar-refractivity contribution in [1.82, 2.24) is 9.29 Å². The Kier molecular flexibility index (Phi) is 6.54. The number of carbonyl (C=O) groups is 1. The summed E-state index contributed by atoms with van der Waals surface area (Å²) < 4.78 is 33.2. The van der Waals surface area contributed by atoms with E-state index in [1.54, 1.807) is 30.5 Å². The minimum atomic E-state index is -3.66. The van der Waals surface area contributed by atoms with Crippen LogP contribution in [0.4, 0.5) is 5.69 Å². The molecule has 1 aliphatic heterocycles. The first-order chi connectivity index (χ1) is 13.8. The van der Waals surface area contributed by atoms with Gasteiger partial charge in [0, 0.05) is 24.8 Å². The van der Waals surface area contributed by atoms with Crippen molar-refractivity contribution < 1.29 is 17.9 Å². The Morgan fingerprint density at radius 3 is 2.62 bits per heavy atom. The third-order valence-electron chi connectivity index (χ3n) is 4.87. The molecule has 0 bridgehead atoms. The van der Waals surface area contributed by atoms with Gasteiger partial charge in [0.15, 0.2) is 0 Å². The van der Waals surface area contributed by atoms with Crippen LogP contribution in [0.2, 0.25) is 0 Å². The van der Waals surface area contributed by atoms with Crippen molar-refractivity contribution in [2.75, 3.05) is 25.0 Å². The highest BCUT2D eigenvalue weighted by atomic mass is 32.2. The van der Waals surface area contributed by atoms with Gasteiger partial charge in [-0.3, -0.25) is 4.79 Å². The molecule has 2 atom stereocenters. The number of carbonyl (C=O) groups excluding carboxylic acids is 1. The van der Waals surface area contributed by atoms with Gasteiger partial charge in [-0.15, -0.1) is 0 Å². The molecule has 0 aliphatic carbocycles. The fourth-order valence-electron chi connectivity index (χ4n) is 3.68. The van der Waals surface area contributed by atoms with E-state index in [0.29, 0.717) is 43.1 Å². The van der Waals surface area contributed by atoms with Gasteiger partial charge >= 0.3 is 0 Å². The van der Waals surface area contributed by atoms with E-state index in [4.69, 9.17) is 4.74 Å². The summed E-state index contributed by atoms with van der Waals surface area (Å²) in [7, 11) is -3.66. The van der Waals surface area contributed by atoms with E-state index in [1.807, 2.05) is 6.92 Å². The highest BCUT2D eigenvalue weighted by Gasteiger charge is 2.32. The quantitative estimate of drug-likeness (QED) is 0.778. The first-order valence-corrected chi connectivity index (χ1v) is 11.2. The summed E-state index contributed by atoms with van der Waals surface area (Å²) in [6, 6.07) is 9.51. The van der Waals surface area contributed by atoms with Crippen molar-refractivity contribution in [3.05, 3.63) is 48.2 Å². The smallest absolute Gasteiger partial charge is 0.255 e. The lowest BCUT2D eigenvalue weighted by Gasteiger charge is -2.34. The molecular formula is C21H27N3O4S. The van der Waals surface area contributed by atoms with E-state index >= 15 is 0 Å². The van der Waals surface area contributed by atoms with Gasteiger partial charge in [-0.2, -0.15) is 4.31 Å². The summed E-state index contributed by atoms with van der Waals surface area (Å²) in [5, 5.41) is 2.75. The van der Waals surface area contributed by atoms with Crippen LogP contribution < -0.4 is 10.1 Å². The number of hydrogen-bond acceptors (Lipinski definition) is 5. The van der Waals surface area contributed by atoms with Crippen LogP contribution in [0.1, 0.15) is 37.6 Å². The van der Waals surface area contributed by atoms with Crippen LogP contribution >= 0.6 is 0 Å². The number of nitrogens with zero attached hydrogens (tertiary/aromatic N) is 2. The zero-order chi connectivity index (χ0) is 21.0. The zero-order valence-corrected chi connectivity index (χ0v) is 17.8. The highest BCUT2D eigenvalue weighted by molar-refractivity contribution is 7.89. The van der Waals surface area contributed by atoms with Crippen molar-refractivity contribution in [3.63, 3.8) is 0 Å². The van der Waals surface area contributed by atoms with Crippen molar-refractivity contribution in [3.8, 4) is 5.88 Å². The van der Waals surface area contributed by atoms with Gasteiger partial charge in [-0.05, 0) is 55.5 Å². The number of anilines is 1. The molecule has 0 saturated carbocycles. The fraction of sp³-hybridized carbons (Fsp3) is 0.429. The normalized spacial score (nSPS) is 20.2. The standard InChI is InChI=1S/C21H27N3O4S/c1-4-28-21-19(9-6-10-22-21)23-20(25)17-7-5-8-18(12-17)29(26,27)24-13-15(2)11-16(3)14-24/h5-10,12,15-16H,4,11,13-14H2,1-3H3,(H,23,25). The molecule has 8 heteroatoms. The van der Waals surface area contributed by atoms with Crippen LogP contribution in [0.15, 0.2) is 47.5 Å². The Hall–Kier alpha value is -2.45. The average Bonchev–Trinajstić information content (AvgIpc) is 2.69. The highest BCUT2D eigenvalue weighted by Crippen LogP contribution is 2.27. The molecule has 0 radical (unpaired) electrons. The van der Waals surface area contributed by atoms with Crippen molar-refractivity contribution >= 4 is 21.6 Å². The summed E-state index contributed by atoms with van der Waals surface area (Å²) >= 11 is 0. The first kappa shape index (κ1) is 21.3. The predicted molar refractivity (Wildman–Crippen MR) is 112 cm³/mol. The largest absolute Gasteiger partial charge is 0.476 e. The first-order valence-electron chi connectivity index (χ1n) is 9.80. The second-order valence-electron chi connectivity index (χ2n) is 7.54. The number of rotatable bonds is 6. The molecule has 1 aromatic carbocycles. The maximum Gasteiger partial charge on any atom is 0.255 e. The molecule has 2 unspecified atom stereocenters. The lowest BCUT2D eigenvalue weighted by molar-refractivity contribution is 0.102.